The summed E-state index contributed by atoms with van der Waals surface area (Å²) in [4.78, 5) is 0. The van der Waals surface area contributed by atoms with Gasteiger partial charge in [-0.2, -0.15) is 0 Å². The van der Waals surface area contributed by atoms with Gasteiger partial charge in [0.15, 0.2) is 9.84 Å². The Morgan fingerprint density at radius 2 is 1.24 bits per heavy atom. The first-order valence-electron chi connectivity index (χ1n) is 9.19. The van der Waals surface area contributed by atoms with Crippen molar-refractivity contribution in [2.24, 2.45) is 17.8 Å². The molecule has 0 spiro atoms. The zero-order chi connectivity index (χ0) is 15.3. The van der Waals surface area contributed by atoms with Gasteiger partial charge in [0.05, 0.1) is 11.0 Å². The molecule has 0 bridgehead atoms. The molecule has 0 aromatic heterocycles. The molecule has 2 fully saturated rings. The summed E-state index contributed by atoms with van der Waals surface area (Å²) in [6.45, 7) is 3.62. The first kappa shape index (κ1) is 17.3. The van der Waals surface area contributed by atoms with Gasteiger partial charge in [-0.05, 0) is 44.4 Å². The highest BCUT2D eigenvalue weighted by atomic mass is 32.2. The molecule has 3 heteroatoms. The Balaban J connectivity index is 1.66. The van der Waals surface area contributed by atoms with Crippen LogP contribution in [-0.2, 0) is 9.84 Å². The van der Waals surface area contributed by atoms with Crippen LogP contribution >= 0.6 is 0 Å². The average molecular weight is 315 g/mol. The van der Waals surface area contributed by atoms with Gasteiger partial charge in [0.1, 0.15) is 0 Å². The van der Waals surface area contributed by atoms with E-state index in [0.717, 1.165) is 24.7 Å². The molecular weight excluding hydrogens is 280 g/mol. The monoisotopic (exact) mass is 314 g/mol. The van der Waals surface area contributed by atoms with Crippen molar-refractivity contribution >= 4 is 9.84 Å². The maximum absolute atomic E-state index is 12.0. The summed E-state index contributed by atoms with van der Waals surface area (Å²) in [7, 11) is -2.84. The summed E-state index contributed by atoms with van der Waals surface area (Å²) in [5.41, 5.74) is 0. The SMILES string of the molecule is CC(C)S(=O)(=O)CC1CCC(CCC2CCCCC2)CC1. The summed E-state index contributed by atoms with van der Waals surface area (Å²) in [5.74, 6) is 2.74. The van der Waals surface area contributed by atoms with Crippen molar-refractivity contribution in [1.29, 1.82) is 0 Å². The second-order valence-electron chi connectivity index (χ2n) is 7.85. The lowest BCUT2D eigenvalue weighted by atomic mass is 9.78. The predicted molar refractivity (Wildman–Crippen MR) is 90.2 cm³/mol. The minimum absolute atomic E-state index is 0.207. The molecule has 2 rings (SSSR count). The van der Waals surface area contributed by atoms with Crippen molar-refractivity contribution in [3.05, 3.63) is 0 Å². The topological polar surface area (TPSA) is 34.1 Å². The molecule has 0 heterocycles. The third kappa shape index (κ3) is 5.58. The molecular formula is C18H34O2S. The Labute approximate surface area is 132 Å². The molecule has 2 aliphatic rings. The van der Waals surface area contributed by atoms with E-state index in [-0.39, 0.29) is 5.25 Å². The Morgan fingerprint density at radius 1 is 0.762 bits per heavy atom. The van der Waals surface area contributed by atoms with E-state index in [9.17, 15) is 8.42 Å². The Morgan fingerprint density at radius 3 is 1.76 bits per heavy atom. The van der Waals surface area contributed by atoms with Gasteiger partial charge in [0.2, 0.25) is 0 Å². The molecule has 0 saturated heterocycles. The molecule has 0 aliphatic heterocycles. The van der Waals surface area contributed by atoms with Crippen molar-refractivity contribution in [3.8, 4) is 0 Å². The van der Waals surface area contributed by atoms with Gasteiger partial charge in [-0.25, -0.2) is 8.42 Å². The maximum Gasteiger partial charge on any atom is 0.152 e. The number of sulfone groups is 1. The van der Waals surface area contributed by atoms with E-state index in [0.29, 0.717) is 11.7 Å². The molecule has 2 nitrogen and oxygen atoms in total. The number of rotatable bonds is 6. The van der Waals surface area contributed by atoms with E-state index in [2.05, 4.69) is 0 Å². The quantitative estimate of drug-likeness (QED) is 0.693. The third-order valence-corrected chi connectivity index (χ3v) is 8.23. The molecule has 0 aromatic rings. The van der Waals surface area contributed by atoms with Gasteiger partial charge in [-0.3, -0.25) is 0 Å². The van der Waals surface area contributed by atoms with Gasteiger partial charge in [0.25, 0.3) is 0 Å². The molecule has 0 aromatic carbocycles. The standard InChI is InChI=1S/C18H34O2S/c1-15(2)21(19,20)14-18-12-10-17(11-13-18)9-8-16-6-4-3-5-7-16/h15-18H,3-14H2,1-2H3. The molecule has 0 amide bonds. The first-order valence-corrected chi connectivity index (χ1v) is 10.9. The fraction of sp³-hybridized carbons (Fsp3) is 1.00. The average Bonchev–Trinajstić information content (AvgIpc) is 2.47. The summed E-state index contributed by atoms with van der Waals surface area (Å²) >= 11 is 0. The van der Waals surface area contributed by atoms with Crippen LogP contribution in [0.15, 0.2) is 0 Å². The fourth-order valence-corrected chi connectivity index (χ4v) is 5.53. The van der Waals surface area contributed by atoms with Gasteiger partial charge in [0, 0.05) is 0 Å². The van der Waals surface area contributed by atoms with Crippen LogP contribution in [0, 0.1) is 17.8 Å². The highest BCUT2D eigenvalue weighted by Gasteiger charge is 2.27. The van der Waals surface area contributed by atoms with Crippen molar-refractivity contribution < 1.29 is 8.42 Å². The van der Waals surface area contributed by atoms with E-state index in [1.807, 2.05) is 13.8 Å². The second-order valence-corrected chi connectivity index (χ2v) is 10.4. The van der Waals surface area contributed by atoms with Crippen LogP contribution < -0.4 is 0 Å². The molecule has 0 unspecified atom stereocenters. The molecule has 124 valence electrons. The zero-order valence-corrected chi connectivity index (χ0v) is 14.8. The minimum atomic E-state index is -2.84. The van der Waals surface area contributed by atoms with Crippen LogP contribution in [0.4, 0.5) is 0 Å². The Kier molecular flexibility index (Phi) is 6.58. The Bertz CT molecular complexity index is 385. The lowest BCUT2D eigenvalue weighted by Crippen LogP contribution is -2.26. The van der Waals surface area contributed by atoms with Crippen LogP contribution in [0.3, 0.4) is 0 Å². The Hall–Kier alpha value is -0.0500. The van der Waals surface area contributed by atoms with Crippen LogP contribution in [0.25, 0.3) is 0 Å². The minimum Gasteiger partial charge on any atom is -0.229 e. The lowest BCUT2D eigenvalue weighted by Gasteiger charge is -2.30. The molecule has 2 saturated carbocycles. The van der Waals surface area contributed by atoms with E-state index in [1.165, 1.54) is 57.8 Å². The molecule has 0 N–H and O–H groups in total. The first-order chi connectivity index (χ1) is 9.97. The van der Waals surface area contributed by atoms with E-state index >= 15 is 0 Å². The van der Waals surface area contributed by atoms with Crippen LogP contribution in [0.1, 0.15) is 84.5 Å². The zero-order valence-electron chi connectivity index (χ0n) is 14.0. The number of hydrogen-bond donors (Lipinski definition) is 0. The van der Waals surface area contributed by atoms with Crippen LogP contribution in [0.2, 0.25) is 0 Å². The summed E-state index contributed by atoms with van der Waals surface area (Å²) in [5, 5.41) is -0.207. The van der Waals surface area contributed by atoms with E-state index in [4.69, 9.17) is 0 Å². The highest BCUT2D eigenvalue weighted by Crippen LogP contribution is 2.35. The predicted octanol–water partition coefficient (Wildman–Crippen LogP) is 4.98. The summed E-state index contributed by atoms with van der Waals surface area (Å²) in [6.07, 6.45) is 14.9. The second kappa shape index (κ2) is 7.99. The molecule has 21 heavy (non-hydrogen) atoms. The van der Waals surface area contributed by atoms with Crippen LogP contribution in [-0.4, -0.2) is 19.4 Å². The normalized spacial score (nSPS) is 28.9. The van der Waals surface area contributed by atoms with E-state index in [1.54, 1.807) is 0 Å². The van der Waals surface area contributed by atoms with Crippen molar-refractivity contribution in [2.75, 3.05) is 5.75 Å². The van der Waals surface area contributed by atoms with Gasteiger partial charge < -0.3 is 0 Å². The lowest BCUT2D eigenvalue weighted by molar-refractivity contribution is 0.244. The van der Waals surface area contributed by atoms with Gasteiger partial charge >= 0.3 is 0 Å². The summed E-state index contributed by atoms with van der Waals surface area (Å²) in [6, 6.07) is 0. The van der Waals surface area contributed by atoms with Crippen molar-refractivity contribution in [2.45, 2.75) is 89.7 Å². The molecule has 0 radical (unpaired) electrons. The number of hydrogen-bond acceptors (Lipinski definition) is 2. The fourth-order valence-electron chi connectivity index (χ4n) is 4.16. The van der Waals surface area contributed by atoms with Gasteiger partial charge in [-0.1, -0.05) is 57.8 Å². The largest absolute Gasteiger partial charge is 0.229 e. The van der Waals surface area contributed by atoms with Crippen LogP contribution in [0.5, 0.6) is 0 Å². The smallest absolute Gasteiger partial charge is 0.152 e. The van der Waals surface area contributed by atoms with Crippen molar-refractivity contribution in [3.63, 3.8) is 0 Å². The maximum atomic E-state index is 12.0. The molecule has 0 atom stereocenters. The third-order valence-electron chi connectivity index (χ3n) is 5.86. The highest BCUT2D eigenvalue weighted by molar-refractivity contribution is 7.91. The van der Waals surface area contributed by atoms with Gasteiger partial charge in [-0.15, -0.1) is 0 Å². The van der Waals surface area contributed by atoms with E-state index < -0.39 is 9.84 Å². The summed E-state index contributed by atoms with van der Waals surface area (Å²) < 4.78 is 24.0. The molecule has 2 aliphatic carbocycles. The van der Waals surface area contributed by atoms with Crippen molar-refractivity contribution in [1.82, 2.24) is 0 Å².